The number of methoxy groups -OCH3 is 2. The number of imide groups is 1. The Hall–Kier alpha value is -4.14. The second kappa shape index (κ2) is 9.14. The number of anilines is 2. The van der Waals surface area contributed by atoms with Crippen LogP contribution in [0, 0.1) is 23.7 Å². The Balaban J connectivity index is 1.24. The maximum atomic E-state index is 13.2. The van der Waals surface area contributed by atoms with Crippen LogP contribution in [-0.4, -0.2) is 44.5 Å². The van der Waals surface area contributed by atoms with Crippen LogP contribution in [0.5, 0.6) is 11.5 Å². The van der Waals surface area contributed by atoms with Gasteiger partial charge in [-0.15, -0.1) is 0 Å². The standard InChI is InChI=1S/C27H26N2O7/c1-14-9-16-11-19(14)24-23(16)25(31)29(26(24)32)17-6-4-5-15(10-17)27(33)36-13-22(30)28-20-8-7-18(34-2)12-21(20)35-3/h4-10,12,16,19,23-24H,11,13H2,1-3H3,(H,28,30)/t16-,19+,23-,24-/m0/s1. The number of allylic oxidation sites excluding steroid dienone is 2. The summed E-state index contributed by atoms with van der Waals surface area (Å²) in [4.78, 5) is 52.5. The zero-order valence-corrected chi connectivity index (χ0v) is 20.1. The van der Waals surface area contributed by atoms with E-state index >= 15 is 0 Å². The van der Waals surface area contributed by atoms with E-state index in [1.807, 2.05) is 6.92 Å². The van der Waals surface area contributed by atoms with Crippen LogP contribution in [-0.2, 0) is 19.1 Å². The highest BCUT2D eigenvalue weighted by molar-refractivity contribution is 6.23. The minimum Gasteiger partial charge on any atom is -0.497 e. The molecule has 1 saturated carbocycles. The molecule has 2 aromatic carbocycles. The van der Waals surface area contributed by atoms with Gasteiger partial charge < -0.3 is 19.5 Å². The minimum atomic E-state index is -0.745. The number of carbonyl (C=O) groups is 4. The number of esters is 1. The molecule has 3 amide bonds. The summed E-state index contributed by atoms with van der Waals surface area (Å²) in [6.45, 7) is 1.48. The normalized spacial score (nSPS) is 23.9. The molecule has 9 heteroatoms. The van der Waals surface area contributed by atoms with Crippen molar-refractivity contribution in [3.05, 3.63) is 59.7 Å². The summed E-state index contributed by atoms with van der Waals surface area (Å²) < 4.78 is 15.6. The number of amides is 3. The molecule has 2 aromatic rings. The second-order valence-corrected chi connectivity index (χ2v) is 9.22. The molecule has 1 heterocycles. The fourth-order valence-electron chi connectivity index (χ4n) is 5.60. The number of nitrogens with zero attached hydrogens (tertiary/aromatic N) is 1. The van der Waals surface area contributed by atoms with Crippen molar-refractivity contribution in [1.29, 1.82) is 0 Å². The SMILES string of the molecule is COc1ccc(NC(=O)COC(=O)c2cccc(N3C(=O)[C@@H]4[C@@H](C3=O)[C@H]3C=C(C)[C@H]4C3)c2)c(OC)c1. The first-order valence-corrected chi connectivity index (χ1v) is 11.7. The highest BCUT2D eigenvalue weighted by Gasteiger charge is 2.60. The number of rotatable bonds is 7. The number of nitrogens with one attached hydrogen (secondary N) is 1. The Morgan fingerprint density at radius 2 is 1.81 bits per heavy atom. The summed E-state index contributed by atoms with van der Waals surface area (Å²) in [6.07, 6.45) is 2.96. The van der Waals surface area contributed by atoms with Crippen LogP contribution in [0.25, 0.3) is 0 Å². The lowest BCUT2D eigenvalue weighted by Crippen LogP contribution is -2.33. The Labute approximate surface area is 208 Å². The molecule has 0 radical (unpaired) electrons. The molecule has 36 heavy (non-hydrogen) atoms. The second-order valence-electron chi connectivity index (χ2n) is 9.22. The molecule has 1 N–H and O–H groups in total. The fraction of sp³-hybridized carbons (Fsp3) is 0.333. The van der Waals surface area contributed by atoms with Crippen molar-refractivity contribution in [1.82, 2.24) is 0 Å². The first-order chi connectivity index (χ1) is 17.3. The Bertz CT molecular complexity index is 1300. The van der Waals surface area contributed by atoms with E-state index in [9.17, 15) is 19.2 Å². The summed E-state index contributed by atoms with van der Waals surface area (Å²) in [7, 11) is 2.98. The van der Waals surface area contributed by atoms with E-state index in [-0.39, 0.29) is 41.0 Å². The summed E-state index contributed by atoms with van der Waals surface area (Å²) in [6, 6.07) is 11.1. The summed E-state index contributed by atoms with van der Waals surface area (Å²) in [5.41, 5.74) is 2.04. The van der Waals surface area contributed by atoms with Crippen LogP contribution in [0.4, 0.5) is 11.4 Å². The molecule has 2 bridgehead atoms. The molecule has 0 aromatic heterocycles. The monoisotopic (exact) mass is 490 g/mol. The van der Waals surface area contributed by atoms with Gasteiger partial charge in [0.05, 0.1) is 43.0 Å². The van der Waals surface area contributed by atoms with Crippen molar-refractivity contribution in [2.75, 3.05) is 31.0 Å². The topological polar surface area (TPSA) is 111 Å². The third-order valence-electron chi connectivity index (χ3n) is 7.24. The molecule has 1 saturated heterocycles. The van der Waals surface area contributed by atoms with Crippen LogP contribution < -0.4 is 19.7 Å². The van der Waals surface area contributed by atoms with Crippen molar-refractivity contribution in [3.63, 3.8) is 0 Å². The molecular weight excluding hydrogens is 464 g/mol. The van der Waals surface area contributed by atoms with Crippen LogP contribution in [0.15, 0.2) is 54.1 Å². The first kappa shape index (κ1) is 23.6. The van der Waals surface area contributed by atoms with Crippen molar-refractivity contribution in [2.24, 2.45) is 23.7 Å². The number of fused-ring (bicyclic) bond motifs is 5. The molecular formula is C27H26N2O7. The van der Waals surface area contributed by atoms with Gasteiger partial charge in [0.15, 0.2) is 6.61 Å². The molecule has 0 unspecified atom stereocenters. The van der Waals surface area contributed by atoms with Crippen LogP contribution in [0.1, 0.15) is 23.7 Å². The molecule has 2 fully saturated rings. The first-order valence-electron chi connectivity index (χ1n) is 11.7. The maximum Gasteiger partial charge on any atom is 0.338 e. The van der Waals surface area contributed by atoms with Gasteiger partial charge >= 0.3 is 5.97 Å². The molecule has 3 aliphatic rings. The van der Waals surface area contributed by atoms with Gasteiger partial charge in [-0.3, -0.25) is 14.4 Å². The Morgan fingerprint density at radius 3 is 2.56 bits per heavy atom. The smallest absolute Gasteiger partial charge is 0.338 e. The van der Waals surface area contributed by atoms with E-state index < -0.39 is 18.5 Å². The van der Waals surface area contributed by atoms with E-state index in [4.69, 9.17) is 14.2 Å². The molecule has 186 valence electrons. The van der Waals surface area contributed by atoms with Gasteiger partial charge in [-0.05, 0) is 55.5 Å². The zero-order chi connectivity index (χ0) is 25.6. The van der Waals surface area contributed by atoms with Crippen molar-refractivity contribution in [2.45, 2.75) is 13.3 Å². The summed E-state index contributed by atoms with van der Waals surface area (Å²) >= 11 is 0. The molecule has 4 atom stereocenters. The lowest BCUT2D eigenvalue weighted by molar-refractivity contribution is -0.123. The predicted octanol–water partition coefficient (Wildman–Crippen LogP) is 3.20. The third-order valence-corrected chi connectivity index (χ3v) is 7.24. The molecule has 0 spiro atoms. The lowest BCUT2D eigenvalue weighted by Gasteiger charge is -2.19. The number of hydrogen-bond donors (Lipinski definition) is 1. The van der Waals surface area contributed by atoms with E-state index in [1.54, 1.807) is 30.3 Å². The highest BCUT2D eigenvalue weighted by Crippen LogP contribution is 2.55. The average Bonchev–Trinajstić information content (AvgIpc) is 3.52. The Morgan fingerprint density at radius 1 is 1.03 bits per heavy atom. The number of carbonyl (C=O) groups excluding carboxylic acids is 4. The zero-order valence-electron chi connectivity index (χ0n) is 20.1. The van der Waals surface area contributed by atoms with E-state index in [1.165, 1.54) is 36.8 Å². The number of ether oxygens (including phenoxy) is 3. The van der Waals surface area contributed by atoms with Crippen LogP contribution in [0.2, 0.25) is 0 Å². The predicted molar refractivity (Wildman–Crippen MR) is 130 cm³/mol. The van der Waals surface area contributed by atoms with Crippen LogP contribution in [0.3, 0.4) is 0 Å². The van der Waals surface area contributed by atoms with E-state index in [0.717, 1.165) is 6.42 Å². The van der Waals surface area contributed by atoms with Gasteiger partial charge in [-0.2, -0.15) is 0 Å². The molecule has 5 rings (SSSR count). The van der Waals surface area contributed by atoms with E-state index in [0.29, 0.717) is 22.9 Å². The number of hydrogen-bond acceptors (Lipinski definition) is 7. The fourth-order valence-corrected chi connectivity index (χ4v) is 5.60. The van der Waals surface area contributed by atoms with Gasteiger partial charge in [0.25, 0.3) is 5.91 Å². The number of benzene rings is 2. The largest absolute Gasteiger partial charge is 0.497 e. The molecule has 2 aliphatic carbocycles. The highest BCUT2D eigenvalue weighted by atomic mass is 16.5. The van der Waals surface area contributed by atoms with Gasteiger partial charge in [0, 0.05) is 6.07 Å². The maximum absolute atomic E-state index is 13.2. The van der Waals surface area contributed by atoms with Crippen molar-refractivity contribution in [3.8, 4) is 11.5 Å². The van der Waals surface area contributed by atoms with Gasteiger partial charge in [-0.1, -0.05) is 17.7 Å². The molecule has 9 nitrogen and oxygen atoms in total. The van der Waals surface area contributed by atoms with Crippen molar-refractivity contribution >= 4 is 35.1 Å². The van der Waals surface area contributed by atoms with E-state index in [2.05, 4.69) is 11.4 Å². The van der Waals surface area contributed by atoms with Crippen LogP contribution >= 0.6 is 0 Å². The van der Waals surface area contributed by atoms with Gasteiger partial charge in [0.2, 0.25) is 11.8 Å². The molecule has 1 aliphatic heterocycles. The lowest BCUT2D eigenvalue weighted by atomic mass is 9.82. The van der Waals surface area contributed by atoms with Gasteiger partial charge in [-0.25, -0.2) is 9.69 Å². The summed E-state index contributed by atoms with van der Waals surface area (Å²) in [5.74, 6) is -1.25. The average molecular weight is 491 g/mol. The summed E-state index contributed by atoms with van der Waals surface area (Å²) in [5, 5.41) is 2.63. The third kappa shape index (κ3) is 3.90. The Kier molecular flexibility index (Phi) is 5.99. The van der Waals surface area contributed by atoms with Crippen molar-refractivity contribution < 1.29 is 33.4 Å². The quantitative estimate of drug-likeness (QED) is 0.360. The van der Waals surface area contributed by atoms with Gasteiger partial charge in [0.1, 0.15) is 11.5 Å². The minimum absolute atomic E-state index is 0.0948.